The molecule has 0 spiro atoms. The van der Waals surface area contributed by atoms with E-state index in [1.165, 1.54) is 23.5 Å². The van der Waals surface area contributed by atoms with Crippen LogP contribution in [0.2, 0.25) is 0 Å². The number of thiophene rings is 1. The Kier molecular flexibility index (Phi) is 6.32. The first-order valence-electron chi connectivity index (χ1n) is 10.4. The van der Waals surface area contributed by atoms with Gasteiger partial charge in [0.25, 0.3) is 5.91 Å². The molecule has 0 saturated heterocycles. The molecule has 32 heavy (non-hydrogen) atoms. The normalized spacial score (nSPS) is 11.8. The zero-order chi connectivity index (χ0) is 22.7. The molecule has 2 aromatic carbocycles. The van der Waals surface area contributed by atoms with Gasteiger partial charge in [-0.05, 0) is 61.6 Å². The summed E-state index contributed by atoms with van der Waals surface area (Å²) in [5, 5.41) is 3.69. The number of aryl methyl sites for hydroxylation is 2. The highest BCUT2D eigenvalue weighted by atomic mass is 32.1. The average Bonchev–Trinajstić information content (AvgIpc) is 3.38. The van der Waals surface area contributed by atoms with Crippen LogP contribution in [0.25, 0.3) is 16.0 Å². The summed E-state index contributed by atoms with van der Waals surface area (Å²) in [6.07, 6.45) is -1.37. The highest BCUT2D eigenvalue weighted by Crippen LogP contribution is 2.33. The smallest absolute Gasteiger partial charge is 0.352 e. The molecule has 4 rings (SSSR count). The molecule has 0 atom stereocenters. The first-order valence-corrected chi connectivity index (χ1v) is 11.2. The third-order valence-corrected chi connectivity index (χ3v) is 6.42. The van der Waals surface area contributed by atoms with Crippen molar-refractivity contribution in [1.82, 2.24) is 14.9 Å². The van der Waals surface area contributed by atoms with E-state index in [1.807, 2.05) is 41.8 Å². The summed E-state index contributed by atoms with van der Waals surface area (Å²) in [6.45, 7) is 2.35. The number of nitrogens with zero attached hydrogens (tertiary/aromatic N) is 2. The number of amides is 1. The Morgan fingerprint density at radius 1 is 1.06 bits per heavy atom. The molecule has 0 aliphatic rings. The number of carbonyl (C=O) groups is 1. The molecule has 0 saturated carbocycles. The molecule has 4 aromatic rings. The van der Waals surface area contributed by atoms with E-state index in [4.69, 9.17) is 0 Å². The SMILES string of the molecule is CCNC(=O)c1sc(-n2cnc3ccccc32)cc1CCCc1ccccc1C(F)(F)F. The van der Waals surface area contributed by atoms with Crippen LogP contribution in [0, 0.1) is 0 Å². The van der Waals surface area contributed by atoms with Crippen molar-refractivity contribution in [3.8, 4) is 5.00 Å². The van der Waals surface area contributed by atoms with Crippen LogP contribution in [-0.2, 0) is 19.0 Å². The number of aromatic nitrogens is 2. The lowest BCUT2D eigenvalue weighted by atomic mass is 9.99. The van der Waals surface area contributed by atoms with Crippen LogP contribution in [0.5, 0.6) is 0 Å². The predicted molar refractivity (Wildman–Crippen MR) is 120 cm³/mol. The van der Waals surface area contributed by atoms with Crippen molar-refractivity contribution in [1.29, 1.82) is 0 Å². The highest BCUT2D eigenvalue weighted by Gasteiger charge is 2.32. The van der Waals surface area contributed by atoms with Gasteiger partial charge < -0.3 is 5.32 Å². The maximum Gasteiger partial charge on any atom is 0.416 e. The van der Waals surface area contributed by atoms with E-state index in [9.17, 15) is 18.0 Å². The first kappa shape index (κ1) is 22.1. The second kappa shape index (κ2) is 9.16. The number of halogens is 3. The number of hydrogen-bond acceptors (Lipinski definition) is 3. The molecule has 0 bridgehead atoms. The van der Waals surface area contributed by atoms with Crippen LogP contribution < -0.4 is 5.32 Å². The lowest BCUT2D eigenvalue weighted by molar-refractivity contribution is -0.138. The van der Waals surface area contributed by atoms with E-state index >= 15 is 0 Å². The number of carbonyl (C=O) groups excluding carboxylic acids is 1. The Balaban J connectivity index is 1.60. The lowest BCUT2D eigenvalue weighted by Gasteiger charge is -2.12. The Morgan fingerprint density at radius 2 is 1.78 bits per heavy atom. The quantitative estimate of drug-likeness (QED) is 0.368. The van der Waals surface area contributed by atoms with Gasteiger partial charge >= 0.3 is 6.18 Å². The van der Waals surface area contributed by atoms with E-state index in [0.29, 0.717) is 24.3 Å². The van der Waals surface area contributed by atoms with Gasteiger partial charge in [0.15, 0.2) is 0 Å². The van der Waals surface area contributed by atoms with Gasteiger partial charge in [0.05, 0.1) is 21.5 Å². The summed E-state index contributed by atoms with van der Waals surface area (Å²) in [4.78, 5) is 17.7. The minimum atomic E-state index is -4.37. The van der Waals surface area contributed by atoms with E-state index in [0.717, 1.165) is 27.7 Å². The molecule has 0 aliphatic heterocycles. The standard InChI is InChI=1S/C24H22F3N3OS/c1-2-28-23(31)22-17(10-7-9-16-8-3-4-11-18(16)24(25,26)27)14-21(32-22)30-15-29-19-12-5-6-13-20(19)30/h3-6,8,11-15H,2,7,9-10H2,1H3,(H,28,31). The largest absolute Gasteiger partial charge is 0.416 e. The number of hydrogen-bond donors (Lipinski definition) is 1. The van der Waals surface area contributed by atoms with Gasteiger partial charge in [0.1, 0.15) is 11.3 Å². The average molecular weight is 458 g/mol. The summed E-state index contributed by atoms with van der Waals surface area (Å²) in [5.41, 5.74) is 2.29. The van der Waals surface area contributed by atoms with Crippen molar-refractivity contribution in [2.75, 3.05) is 6.54 Å². The summed E-state index contributed by atoms with van der Waals surface area (Å²) in [5.74, 6) is -0.168. The summed E-state index contributed by atoms with van der Waals surface area (Å²) in [7, 11) is 0. The van der Waals surface area contributed by atoms with Gasteiger partial charge in [0.2, 0.25) is 0 Å². The van der Waals surface area contributed by atoms with Crippen LogP contribution in [0.4, 0.5) is 13.2 Å². The van der Waals surface area contributed by atoms with Gasteiger partial charge in [-0.1, -0.05) is 30.3 Å². The van der Waals surface area contributed by atoms with Gasteiger partial charge in [0, 0.05) is 6.54 Å². The lowest BCUT2D eigenvalue weighted by Crippen LogP contribution is -2.22. The van der Waals surface area contributed by atoms with E-state index < -0.39 is 11.7 Å². The summed E-state index contributed by atoms with van der Waals surface area (Å²) >= 11 is 1.36. The van der Waals surface area contributed by atoms with E-state index in [2.05, 4.69) is 10.3 Å². The third kappa shape index (κ3) is 4.55. The molecule has 1 N–H and O–H groups in total. The maximum absolute atomic E-state index is 13.3. The summed E-state index contributed by atoms with van der Waals surface area (Å²) in [6, 6.07) is 15.3. The van der Waals surface area contributed by atoms with Crippen LogP contribution in [0.3, 0.4) is 0 Å². The molecule has 2 aromatic heterocycles. The van der Waals surface area contributed by atoms with Crippen molar-refractivity contribution >= 4 is 28.3 Å². The molecular weight excluding hydrogens is 435 g/mol. The van der Waals surface area contributed by atoms with Crippen molar-refractivity contribution in [3.63, 3.8) is 0 Å². The third-order valence-electron chi connectivity index (χ3n) is 5.25. The molecule has 0 aliphatic carbocycles. The van der Waals surface area contributed by atoms with Crippen molar-refractivity contribution in [2.45, 2.75) is 32.4 Å². The fraction of sp³-hybridized carbons (Fsp3) is 0.250. The zero-order valence-corrected chi connectivity index (χ0v) is 18.3. The number of alkyl halides is 3. The number of nitrogens with one attached hydrogen (secondary N) is 1. The fourth-order valence-electron chi connectivity index (χ4n) is 3.77. The second-order valence-corrected chi connectivity index (χ2v) is 8.44. The number of rotatable bonds is 7. The number of benzene rings is 2. The Labute approximate surface area is 187 Å². The van der Waals surface area contributed by atoms with Crippen molar-refractivity contribution < 1.29 is 18.0 Å². The van der Waals surface area contributed by atoms with Crippen molar-refractivity contribution in [3.05, 3.63) is 82.5 Å². The zero-order valence-electron chi connectivity index (χ0n) is 17.4. The topological polar surface area (TPSA) is 46.9 Å². The second-order valence-electron chi connectivity index (χ2n) is 7.41. The van der Waals surface area contributed by atoms with E-state index in [-0.39, 0.29) is 17.9 Å². The number of para-hydroxylation sites is 2. The van der Waals surface area contributed by atoms with Crippen LogP contribution in [-0.4, -0.2) is 22.0 Å². The van der Waals surface area contributed by atoms with Crippen LogP contribution in [0.15, 0.2) is 60.9 Å². The minimum absolute atomic E-state index is 0.168. The van der Waals surface area contributed by atoms with Gasteiger partial charge in [-0.2, -0.15) is 13.2 Å². The Hall–Kier alpha value is -3.13. The van der Waals surface area contributed by atoms with E-state index in [1.54, 1.807) is 12.4 Å². The number of imidazole rings is 1. The van der Waals surface area contributed by atoms with Crippen molar-refractivity contribution in [2.24, 2.45) is 0 Å². The van der Waals surface area contributed by atoms with Gasteiger partial charge in [-0.15, -0.1) is 11.3 Å². The maximum atomic E-state index is 13.3. The molecule has 0 radical (unpaired) electrons. The molecule has 0 fully saturated rings. The highest BCUT2D eigenvalue weighted by molar-refractivity contribution is 7.16. The number of fused-ring (bicyclic) bond motifs is 1. The minimum Gasteiger partial charge on any atom is -0.352 e. The Morgan fingerprint density at radius 3 is 2.56 bits per heavy atom. The van der Waals surface area contributed by atoms with Gasteiger partial charge in [-0.25, -0.2) is 4.98 Å². The predicted octanol–water partition coefficient (Wildman–Crippen LogP) is 6.03. The summed E-state index contributed by atoms with van der Waals surface area (Å²) < 4.78 is 41.8. The molecule has 4 nitrogen and oxygen atoms in total. The fourth-order valence-corrected chi connectivity index (χ4v) is 4.88. The molecule has 166 valence electrons. The van der Waals surface area contributed by atoms with Crippen LogP contribution in [0.1, 0.15) is 39.7 Å². The molecule has 2 heterocycles. The van der Waals surface area contributed by atoms with Gasteiger partial charge in [-0.3, -0.25) is 9.36 Å². The molecule has 0 unspecified atom stereocenters. The molecule has 1 amide bonds. The monoisotopic (exact) mass is 457 g/mol. The molecular formula is C24H22F3N3OS. The Bertz CT molecular complexity index is 1240. The first-order chi connectivity index (χ1) is 15.4. The van der Waals surface area contributed by atoms with Crippen LogP contribution >= 0.6 is 11.3 Å². The molecule has 8 heteroatoms.